The van der Waals surface area contributed by atoms with E-state index in [2.05, 4.69) is 12.1 Å². The van der Waals surface area contributed by atoms with E-state index in [1.165, 1.54) is 21.3 Å². The lowest BCUT2D eigenvalue weighted by molar-refractivity contribution is -0.364. The largest absolute Gasteiger partial charge is 0.375 e. The van der Waals surface area contributed by atoms with E-state index in [0.29, 0.717) is 0 Å². The third-order valence-electron chi connectivity index (χ3n) is 4.07. The van der Waals surface area contributed by atoms with Gasteiger partial charge in [-0.2, -0.15) is 10.5 Å². The first-order valence-electron chi connectivity index (χ1n) is 6.18. The Balaban J connectivity index is 2.58. The Labute approximate surface area is 118 Å². The molecule has 1 aromatic carbocycles. The van der Waals surface area contributed by atoms with E-state index in [1.54, 1.807) is 0 Å². The molecule has 0 amide bonds. The normalized spacial score (nSPS) is 26.1. The molecule has 0 heterocycles. The van der Waals surface area contributed by atoms with E-state index < -0.39 is 23.2 Å². The highest BCUT2D eigenvalue weighted by Gasteiger charge is 2.77. The van der Waals surface area contributed by atoms with E-state index >= 15 is 0 Å². The zero-order valence-electron chi connectivity index (χ0n) is 11.7. The number of rotatable bonds is 4. The molecule has 2 atom stereocenters. The monoisotopic (exact) mass is 272 g/mol. The first-order valence-corrected chi connectivity index (χ1v) is 6.18. The molecule has 5 heteroatoms. The number of methoxy groups -OCH3 is 3. The Bertz CT molecular complexity index is 541. The molecule has 5 nitrogen and oxygen atoms in total. The molecule has 1 aliphatic rings. The van der Waals surface area contributed by atoms with Crippen LogP contribution in [-0.4, -0.2) is 33.2 Å². The summed E-state index contributed by atoms with van der Waals surface area (Å²) in [6.07, 6.45) is -0.529. The molecule has 1 saturated carbocycles. The lowest BCUT2D eigenvalue weighted by Crippen LogP contribution is -2.74. The van der Waals surface area contributed by atoms with Crippen molar-refractivity contribution in [1.82, 2.24) is 0 Å². The molecular weight excluding hydrogens is 256 g/mol. The molecule has 1 aromatic rings. The second-order valence-corrected chi connectivity index (χ2v) is 4.65. The number of hydrogen-bond acceptors (Lipinski definition) is 5. The molecule has 0 spiro atoms. The summed E-state index contributed by atoms with van der Waals surface area (Å²) in [5, 5.41) is 19.2. The Morgan fingerprint density at radius 1 is 1.00 bits per heavy atom. The van der Waals surface area contributed by atoms with Gasteiger partial charge in [-0.25, -0.2) is 0 Å². The number of nitrogens with zero attached hydrogens (tertiary/aromatic N) is 2. The third kappa shape index (κ3) is 1.52. The van der Waals surface area contributed by atoms with Gasteiger partial charge in [-0.05, 0) is 5.56 Å². The van der Waals surface area contributed by atoms with Gasteiger partial charge >= 0.3 is 0 Å². The van der Waals surface area contributed by atoms with Gasteiger partial charge in [-0.1, -0.05) is 30.3 Å². The van der Waals surface area contributed by atoms with Crippen LogP contribution >= 0.6 is 0 Å². The molecule has 2 unspecified atom stereocenters. The number of hydrogen-bond donors (Lipinski definition) is 0. The molecular formula is C15H16N2O3. The second kappa shape index (κ2) is 5.22. The summed E-state index contributed by atoms with van der Waals surface area (Å²) < 4.78 is 16.2. The van der Waals surface area contributed by atoms with Gasteiger partial charge in [0.05, 0.1) is 18.1 Å². The maximum atomic E-state index is 9.59. The fraction of sp³-hybridized carbons (Fsp3) is 0.467. The summed E-state index contributed by atoms with van der Waals surface area (Å²) in [6.45, 7) is 0. The van der Waals surface area contributed by atoms with Crippen LogP contribution in [0.5, 0.6) is 0 Å². The van der Waals surface area contributed by atoms with Gasteiger partial charge in [0.25, 0.3) is 0 Å². The van der Waals surface area contributed by atoms with Crippen LogP contribution in [0.25, 0.3) is 0 Å². The second-order valence-electron chi connectivity index (χ2n) is 4.65. The van der Waals surface area contributed by atoms with E-state index in [1.807, 2.05) is 30.3 Å². The van der Waals surface area contributed by atoms with Crippen LogP contribution in [0.2, 0.25) is 0 Å². The Hall–Kier alpha value is -1.92. The van der Waals surface area contributed by atoms with Crippen LogP contribution in [0.1, 0.15) is 11.5 Å². The van der Waals surface area contributed by atoms with Gasteiger partial charge in [-0.3, -0.25) is 0 Å². The summed E-state index contributed by atoms with van der Waals surface area (Å²) in [4.78, 5) is 0. The van der Waals surface area contributed by atoms with Crippen LogP contribution in [0.3, 0.4) is 0 Å². The van der Waals surface area contributed by atoms with Crippen LogP contribution in [0.15, 0.2) is 30.3 Å². The molecule has 104 valence electrons. The van der Waals surface area contributed by atoms with Gasteiger partial charge < -0.3 is 14.2 Å². The van der Waals surface area contributed by atoms with Crippen molar-refractivity contribution in [1.29, 1.82) is 10.5 Å². The third-order valence-corrected chi connectivity index (χ3v) is 4.07. The molecule has 0 saturated heterocycles. The Morgan fingerprint density at radius 2 is 1.55 bits per heavy atom. The number of nitriles is 2. The van der Waals surface area contributed by atoms with E-state index in [4.69, 9.17) is 14.2 Å². The van der Waals surface area contributed by atoms with Crippen LogP contribution in [0, 0.1) is 28.1 Å². The van der Waals surface area contributed by atoms with Crippen molar-refractivity contribution >= 4 is 0 Å². The highest BCUT2D eigenvalue weighted by molar-refractivity contribution is 5.44. The van der Waals surface area contributed by atoms with Crippen molar-refractivity contribution in [3.63, 3.8) is 0 Å². The summed E-state index contributed by atoms with van der Waals surface area (Å²) in [7, 11) is 4.35. The Morgan fingerprint density at radius 3 is 1.95 bits per heavy atom. The molecule has 0 radical (unpaired) electrons. The predicted octanol–water partition coefficient (Wildman–Crippen LogP) is 1.82. The van der Waals surface area contributed by atoms with Gasteiger partial charge in [-0.15, -0.1) is 0 Å². The van der Waals surface area contributed by atoms with Crippen molar-refractivity contribution in [2.24, 2.45) is 5.41 Å². The average Bonchev–Trinajstić information content (AvgIpc) is 2.50. The highest BCUT2D eigenvalue weighted by atomic mass is 16.7. The lowest BCUT2D eigenvalue weighted by Gasteiger charge is -2.59. The first kappa shape index (κ1) is 14.5. The molecule has 1 fully saturated rings. The zero-order valence-corrected chi connectivity index (χ0v) is 11.7. The van der Waals surface area contributed by atoms with Crippen molar-refractivity contribution in [2.45, 2.75) is 17.8 Å². The van der Waals surface area contributed by atoms with E-state index in [0.717, 1.165) is 5.56 Å². The van der Waals surface area contributed by atoms with Crippen molar-refractivity contribution in [3.8, 4) is 12.1 Å². The topological polar surface area (TPSA) is 75.3 Å². The summed E-state index contributed by atoms with van der Waals surface area (Å²) in [6, 6.07) is 13.5. The standard InChI is InChI=1S/C15H16N2O3/c1-18-13-12(11-7-5-4-6-8-11)14(9-16,10-17)15(13,19-2)20-3/h4-8,12-13H,1-3H3. The smallest absolute Gasteiger partial charge is 0.228 e. The Kier molecular flexibility index (Phi) is 3.78. The van der Waals surface area contributed by atoms with E-state index in [9.17, 15) is 10.5 Å². The number of ether oxygens (including phenoxy) is 3. The minimum atomic E-state index is -1.45. The first-order chi connectivity index (χ1) is 9.67. The molecule has 0 bridgehead atoms. The lowest BCUT2D eigenvalue weighted by atomic mass is 9.52. The van der Waals surface area contributed by atoms with Gasteiger partial charge in [0, 0.05) is 21.3 Å². The van der Waals surface area contributed by atoms with Crippen LogP contribution < -0.4 is 0 Å². The fourth-order valence-corrected chi connectivity index (χ4v) is 3.13. The minimum Gasteiger partial charge on any atom is -0.375 e. The molecule has 0 aromatic heterocycles. The molecule has 1 aliphatic carbocycles. The van der Waals surface area contributed by atoms with E-state index in [-0.39, 0.29) is 0 Å². The van der Waals surface area contributed by atoms with Crippen molar-refractivity contribution < 1.29 is 14.2 Å². The molecule has 20 heavy (non-hydrogen) atoms. The molecule has 0 N–H and O–H groups in total. The average molecular weight is 272 g/mol. The van der Waals surface area contributed by atoms with Crippen molar-refractivity contribution in [3.05, 3.63) is 35.9 Å². The van der Waals surface area contributed by atoms with Crippen molar-refractivity contribution in [2.75, 3.05) is 21.3 Å². The van der Waals surface area contributed by atoms with Gasteiger partial charge in [0.2, 0.25) is 11.2 Å². The number of benzene rings is 1. The van der Waals surface area contributed by atoms with Gasteiger partial charge in [0.1, 0.15) is 6.10 Å². The quantitative estimate of drug-likeness (QED) is 0.781. The summed E-state index contributed by atoms with van der Waals surface area (Å²) in [5.74, 6) is -1.81. The van der Waals surface area contributed by atoms with Crippen LogP contribution in [-0.2, 0) is 14.2 Å². The highest BCUT2D eigenvalue weighted by Crippen LogP contribution is 2.62. The fourth-order valence-electron chi connectivity index (χ4n) is 3.13. The summed E-state index contributed by atoms with van der Waals surface area (Å²) in [5.41, 5.74) is -0.592. The molecule has 2 rings (SSSR count). The molecule has 0 aliphatic heterocycles. The van der Waals surface area contributed by atoms with Gasteiger partial charge in [0.15, 0.2) is 0 Å². The van der Waals surface area contributed by atoms with Crippen LogP contribution in [0.4, 0.5) is 0 Å². The maximum absolute atomic E-state index is 9.59. The summed E-state index contributed by atoms with van der Waals surface area (Å²) >= 11 is 0. The SMILES string of the molecule is COC1C(c2ccccc2)C(C#N)(C#N)C1(OC)OC. The minimum absolute atomic E-state index is 0.427. The maximum Gasteiger partial charge on any atom is 0.228 e. The predicted molar refractivity (Wildman–Crippen MR) is 70.4 cm³/mol. The zero-order chi connectivity index (χ0) is 14.8.